The Morgan fingerprint density at radius 2 is 2.00 bits per heavy atom. The van der Waals surface area contributed by atoms with Gasteiger partial charge in [-0.1, -0.05) is 25.5 Å². The lowest BCUT2D eigenvalue weighted by Crippen LogP contribution is -2.52. The lowest BCUT2D eigenvalue weighted by Gasteiger charge is -2.21. The summed E-state index contributed by atoms with van der Waals surface area (Å²) in [6.45, 7) is 8.24. The molecule has 1 aliphatic heterocycles. The number of nitrogens with zero attached hydrogens (tertiary/aromatic N) is 1. The lowest BCUT2D eigenvalue weighted by molar-refractivity contribution is -0.142. The van der Waals surface area contributed by atoms with E-state index in [1.54, 1.807) is 13.0 Å². The highest BCUT2D eigenvalue weighted by Crippen LogP contribution is 2.48. The van der Waals surface area contributed by atoms with Crippen LogP contribution in [-0.4, -0.2) is 61.7 Å². The minimum Gasteiger partial charge on any atom is -0.488 e. The number of aromatic nitrogens is 1. The zero-order valence-corrected chi connectivity index (χ0v) is 23.4. The van der Waals surface area contributed by atoms with Crippen LogP contribution in [0.4, 0.5) is 0 Å². The molecule has 4 atom stereocenters. The second-order valence-electron chi connectivity index (χ2n) is 10.9. The van der Waals surface area contributed by atoms with E-state index in [-0.39, 0.29) is 12.0 Å². The Bertz CT molecular complexity index is 1390. The van der Waals surface area contributed by atoms with Crippen molar-refractivity contribution in [2.75, 3.05) is 13.2 Å². The van der Waals surface area contributed by atoms with E-state index in [1.165, 1.54) is 0 Å². The third-order valence-electron chi connectivity index (χ3n) is 7.72. The number of hydrogen-bond donors (Lipinski definition) is 2. The largest absolute Gasteiger partial charge is 0.488 e. The van der Waals surface area contributed by atoms with E-state index in [4.69, 9.17) is 17.8 Å². The number of para-hydroxylation sites is 1. The number of carbonyl (C=O) groups is 2. The number of carbonyl (C=O) groups excluding carboxylic acids is 2. The highest BCUT2D eigenvalue weighted by molar-refractivity contribution is 7.82. The summed E-state index contributed by atoms with van der Waals surface area (Å²) >= 11 is 0. The molecule has 0 spiro atoms. The molecule has 2 saturated carbocycles. The van der Waals surface area contributed by atoms with Crippen LogP contribution in [0.3, 0.4) is 0 Å². The maximum atomic E-state index is 13.2. The number of rotatable bonds is 11. The van der Waals surface area contributed by atoms with Crippen LogP contribution in [0.5, 0.6) is 11.6 Å². The van der Waals surface area contributed by atoms with Gasteiger partial charge >= 0.3 is 16.4 Å². The van der Waals surface area contributed by atoms with Crippen molar-refractivity contribution in [3.05, 3.63) is 29.8 Å². The third kappa shape index (κ3) is 5.82. The third-order valence-corrected chi connectivity index (χ3v) is 8.68. The van der Waals surface area contributed by atoms with Crippen molar-refractivity contribution in [1.29, 1.82) is 0 Å². The first-order chi connectivity index (χ1) is 18.5. The molecular formula is C27H35N3O8S. The van der Waals surface area contributed by atoms with Crippen molar-refractivity contribution >= 4 is 33.2 Å². The summed E-state index contributed by atoms with van der Waals surface area (Å²) in [6, 6.07) is 6.96. The van der Waals surface area contributed by atoms with Gasteiger partial charge in [-0.05, 0) is 57.6 Å². The molecule has 3 aliphatic rings. The fraction of sp³-hybridized carbons (Fsp3) is 0.593. The molecule has 39 heavy (non-hydrogen) atoms. The number of aryl methyl sites for hydroxylation is 1. The summed E-state index contributed by atoms with van der Waals surface area (Å²) in [4.78, 5) is 30.8. The molecule has 11 nitrogen and oxygen atoms in total. The van der Waals surface area contributed by atoms with Gasteiger partial charge in [0.1, 0.15) is 17.4 Å². The van der Waals surface area contributed by atoms with Crippen LogP contribution in [0.25, 0.3) is 10.9 Å². The van der Waals surface area contributed by atoms with Crippen LogP contribution < -0.4 is 20.1 Å². The van der Waals surface area contributed by atoms with Crippen LogP contribution in [0.1, 0.15) is 58.4 Å². The highest BCUT2D eigenvalue weighted by Gasteiger charge is 2.63. The Labute approximate surface area is 228 Å². The Morgan fingerprint density at radius 3 is 2.67 bits per heavy atom. The predicted octanol–water partition coefficient (Wildman–Crippen LogP) is 2.69. The van der Waals surface area contributed by atoms with E-state index in [2.05, 4.69) is 15.6 Å². The van der Waals surface area contributed by atoms with Gasteiger partial charge < -0.3 is 24.3 Å². The maximum absolute atomic E-state index is 13.2. The van der Waals surface area contributed by atoms with Crippen molar-refractivity contribution in [3.63, 3.8) is 0 Å². The van der Waals surface area contributed by atoms with E-state index in [9.17, 15) is 18.0 Å². The van der Waals surface area contributed by atoms with Gasteiger partial charge in [0.15, 0.2) is 0 Å². The molecule has 2 unspecified atom stereocenters. The van der Waals surface area contributed by atoms with Crippen molar-refractivity contribution in [2.45, 2.75) is 83.1 Å². The zero-order chi connectivity index (χ0) is 28.0. The number of benzene rings is 1. The number of ether oxygens (including phenoxy) is 2. The topological polar surface area (TPSA) is 142 Å². The molecule has 1 amide bonds. The summed E-state index contributed by atoms with van der Waals surface area (Å²) in [5.74, 6) is -0.573. The summed E-state index contributed by atoms with van der Waals surface area (Å²) in [6.07, 6.45) is 2.06. The van der Waals surface area contributed by atoms with Crippen molar-refractivity contribution in [1.82, 2.24) is 15.6 Å². The predicted molar refractivity (Wildman–Crippen MR) is 141 cm³/mol. The monoisotopic (exact) mass is 561 g/mol. The van der Waals surface area contributed by atoms with E-state index < -0.39 is 39.5 Å². The summed E-state index contributed by atoms with van der Waals surface area (Å²) < 4.78 is 46.3. The molecule has 5 rings (SSSR count). The average Bonchev–Trinajstić information content (AvgIpc) is 3.72. The number of pyridine rings is 1. The zero-order valence-electron chi connectivity index (χ0n) is 22.6. The molecule has 2 N–H and O–H groups in total. The van der Waals surface area contributed by atoms with Crippen LogP contribution in [-0.2, 0) is 28.4 Å². The molecule has 2 aromatic rings. The van der Waals surface area contributed by atoms with Gasteiger partial charge in [0, 0.05) is 24.4 Å². The Balaban J connectivity index is 1.25. The minimum absolute atomic E-state index is 0.225. The Kier molecular flexibility index (Phi) is 7.23. The summed E-state index contributed by atoms with van der Waals surface area (Å²) in [5.41, 5.74) is -0.438. The molecule has 212 valence electrons. The van der Waals surface area contributed by atoms with Crippen molar-refractivity contribution in [2.24, 2.45) is 5.92 Å². The summed E-state index contributed by atoms with van der Waals surface area (Å²) in [7, 11) is -4.53. The van der Waals surface area contributed by atoms with Gasteiger partial charge in [0.25, 0.3) is 0 Å². The fourth-order valence-corrected chi connectivity index (χ4v) is 6.13. The van der Waals surface area contributed by atoms with Crippen LogP contribution in [0.2, 0.25) is 0 Å². The van der Waals surface area contributed by atoms with Crippen molar-refractivity contribution in [3.8, 4) is 11.6 Å². The molecule has 2 heterocycles. The fourth-order valence-electron chi connectivity index (χ4n) is 5.10. The normalized spacial score (nSPS) is 27.1. The molecule has 1 saturated heterocycles. The first-order valence-corrected chi connectivity index (χ1v) is 14.8. The van der Waals surface area contributed by atoms with E-state index in [0.717, 1.165) is 16.5 Å². The molecular weight excluding hydrogens is 526 g/mol. The maximum Gasteiger partial charge on any atom is 0.452 e. The van der Waals surface area contributed by atoms with Crippen LogP contribution in [0, 0.1) is 12.8 Å². The molecule has 0 radical (unpaired) electrons. The van der Waals surface area contributed by atoms with Gasteiger partial charge in [-0.25, -0.2) is 14.0 Å². The molecule has 1 aromatic heterocycles. The van der Waals surface area contributed by atoms with Gasteiger partial charge in [-0.3, -0.25) is 4.79 Å². The first kappa shape index (κ1) is 27.6. The number of hydrogen-bond acceptors (Lipinski definition) is 10. The number of fused-ring (bicyclic) bond motifs is 1. The highest BCUT2D eigenvalue weighted by atomic mass is 32.3. The molecule has 12 heteroatoms. The van der Waals surface area contributed by atoms with Gasteiger partial charge in [-0.2, -0.15) is 8.42 Å². The minimum atomic E-state index is -4.53. The van der Waals surface area contributed by atoms with E-state index in [1.807, 2.05) is 39.0 Å². The quantitative estimate of drug-likeness (QED) is 0.420. The SMILES string of the molecule is CCOc1cc(O[C@H]2CNC(C(=O)N[C@]3(C(=O)OS(=O)(=O)OC4(C)CC4)CC3CC)C2)c2cccc(C)c2n1. The summed E-state index contributed by atoms with van der Waals surface area (Å²) in [5, 5.41) is 6.78. The first-order valence-electron chi connectivity index (χ1n) is 13.4. The standard InChI is InChI=1S/C27H35N3O8S/c1-5-17-14-27(17,25(32)37-39(33,34)38-26(4)10-11-26)30-24(31)20-12-18(15-28-20)36-21-13-22(35-6-2)29-23-16(3)8-7-9-19(21)23/h7-9,13,17-18,20,28H,5-6,10-12,14-15H2,1-4H3,(H,30,31)/t17?,18-,20?,27-/m1/s1. The molecule has 3 fully saturated rings. The number of amides is 1. The van der Waals surface area contributed by atoms with Gasteiger partial charge in [0.2, 0.25) is 11.8 Å². The van der Waals surface area contributed by atoms with Gasteiger partial charge in [0.05, 0.1) is 23.8 Å². The molecule has 1 aromatic carbocycles. The molecule has 0 bridgehead atoms. The average molecular weight is 562 g/mol. The van der Waals surface area contributed by atoms with E-state index >= 15 is 0 Å². The Hall–Kier alpha value is -2.96. The Morgan fingerprint density at radius 1 is 1.23 bits per heavy atom. The van der Waals surface area contributed by atoms with Crippen LogP contribution >= 0.6 is 0 Å². The van der Waals surface area contributed by atoms with Gasteiger partial charge in [-0.15, -0.1) is 0 Å². The second-order valence-corrected chi connectivity index (χ2v) is 12.0. The van der Waals surface area contributed by atoms with Crippen molar-refractivity contribution < 1.29 is 35.8 Å². The van der Waals surface area contributed by atoms with E-state index in [0.29, 0.717) is 56.9 Å². The number of nitrogens with one attached hydrogen (secondary N) is 2. The van der Waals surface area contributed by atoms with Crippen LogP contribution in [0.15, 0.2) is 24.3 Å². The smallest absolute Gasteiger partial charge is 0.452 e. The lowest BCUT2D eigenvalue weighted by atomic mass is 10.1. The molecule has 2 aliphatic carbocycles. The second kappa shape index (κ2) is 10.2.